The molecule has 2 heterocycles. The zero-order valence-corrected chi connectivity index (χ0v) is 13.4. The van der Waals surface area contributed by atoms with Gasteiger partial charge in [0.25, 0.3) is 5.91 Å². The fraction of sp³-hybridized carbons (Fsp3) is 0.316. The average molecular weight is 321 g/mol. The molecule has 1 fully saturated rings. The molecular weight excluding hydrogens is 302 g/mol. The predicted octanol–water partition coefficient (Wildman–Crippen LogP) is 2.31. The molecule has 5 heteroatoms. The summed E-state index contributed by atoms with van der Waals surface area (Å²) in [5, 5.41) is 2.92. The Morgan fingerprint density at radius 3 is 2.79 bits per heavy atom. The Morgan fingerprint density at radius 2 is 2.04 bits per heavy atom. The van der Waals surface area contributed by atoms with E-state index in [2.05, 4.69) is 10.3 Å². The van der Waals surface area contributed by atoms with Crippen molar-refractivity contribution in [3.8, 4) is 0 Å². The molecule has 2 amide bonds. The summed E-state index contributed by atoms with van der Waals surface area (Å²) in [5.74, 6) is 0.288. The van der Waals surface area contributed by atoms with Crippen molar-refractivity contribution >= 4 is 17.5 Å². The van der Waals surface area contributed by atoms with E-state index in [1.807, 2.05) is 41.3 Å². The first-order valence-corrected chi connectivity index (χ1v) is 8.35. The lowest BCUT2D eigenvalue weighted by Gasteiger charge is -2.17. The van der Waals surface area contributed by atoms with Gasteiger partial charge in [0.05, 0.1) is 12.2 Å². The van der Waals surface area contributed by atoms with Crippen molar-refractivity contribution in [3.05, 3.63) is 59.4 Å². The molecule has 1 aliphatic carbocycles. The third kappa shape index (κ3) is 2.77. The summed E-state index contributed by atoms with van der Waals surface area (Å²) in [6.45, 7) is 1.07. The van der Waals surface area contributed by atoms with Crippen LogP contribution in [0.25, 0.3) is 0 Å². The molecule has 4 rings (SSSR count). The molecule has 1 saturated carbocycles. The molecule has 0 saturated heterocycles. The SMILES string of the molecule is O=C(NCc1ccccn1)c1cccc2c1CCN2C(=O)C1CC1. The quantitative estimate of drug-likeness (QED) is 0.940. The first kappa shape index (κ1) is 14.9. The summed E-state index contributed by atoms with van der Waals surface area (Å²) in [4.78, 5) is 31.0. The van der Waals surface area contributed by atoms with Crippen LogP contribution in [0.15, 0.2) is 42.6 Å². The lowest BCUT2D eigenvalue weighted by molar-refractivity contribution is -0.119. The highest BCUT2D eigenvalue weighted by Crippen LogP contribution is 2.37. The minimum Gasteiger partial charge on any atom is -0.346 e. The van der Waals surface area contributed by atoms with Crippen LogP contribution in [-0.2, 0) is 17.8 Å². The minimum absolute atomic E-state index is 0.113. The van der Waals surface area contributed by atoms with Gasteiger partial charge in [-0.05, 0) is 49.1 Å². The number of hydrogen-bond donors (Lipinski definition) is 1. The molecule has 2 aliphatic rings. The topological polar surface area (TPSA) is 62.3 Å². The number of fused-ring (bicyclic) bond motifs is 1. The molecule has 5 nitrogen and oxygen atoms in total. The highest BCUT2D eigenvalue weighted by molar-refractivity contribution is 6.02. The minimum atomic E-state index is -0.113. The van der Waals surface area contributed by atoms with Crippen molar-refractivity contribution in [3.63, 3.8) is 0 Å². The van der Waals surface area contributed by atoms with Gasteiger partial charge in [-0.3, -0.25) is 14.6 Å². The lowest BCUT2D eigenvalue weighted by atomic mass is 10.0. The zero-order valence-electron chi connectivity index (χ0n) is 13.4. The van der Waals surface area contributed by atoms with Crippen molar-refractivity contribution in [1.29, 1.82) is 0 Å². The van der Waals surface area contributed by atoms with Gasteiger partial charge >= 0.3 is 0 Å². The zero-order chi connectivity index (χ0) is 16.5. The van der Waals surface area contributed by atoms with Crippen LogP contribution in [0.3, 0.4) is 0 Å². The lowest BCUT2D eigenvalue weighted by Crippen LogP contribution is -2.30. The molecular formula is C19H19N3O2. The van der Waals surface area contributed by atoms with E-state index in [9.17, 15) is 9.59 Å². The van der Waals surface area contributed by atoms with E-state index >= 15 is 0 Å². The molecule has 0 atom stereocenters. The molecule has 0 spiro atoms. The van der Waals surface area contributed by atoms with E-state index in [1.54, 1.807) is 6.20 Å². The number of amides is 2. The van der Waals surface area contributed by atoms with Gasteiger partial charge < -0.3 is 10.2 Å². The van der Waals surface area contributed by atoms with Crippen molar-refractivity contribution in [1.82, 2.24) is 10.3 Å². The maximum atomic E-state index is 12.6. The Morgan fingerprint density at radius 1 is 1.17 bits per heavy atom. The number of benzene rings is 1. The molecule has 0 radical (unpaired) electrons. The van der Waals surface area contributed by atoms with E-state index in [4.69, 9.17) is 0 Å². The van der Waals surface area contributed by atoms with Crippen LogP contribution < -0.4 is 10.2 Å². The van der Waals surface area contributed by atoms with E-state index in [-0.39, 0.29) is 17.7 Å². The molecule has 1 aromatic carbocycles. The van der Waals surface area contributed by atoms with Gasteiger partial charge in [0.15, 0.2) is 0 Å². The first-order valence-electron chi connectivity index (χ1n) is 8.35. The number of pyridine rings is 1. The van der Waals surface area contributed by atoms with Crippen LogP contribution in [0.1, 0.15) is 34.5 Å². The Balaban J connectivity index is 1.52. The van der Waals surface area contributed by atoms with Gasteiger partial charge in [0.1, 0.15) is 0 Å². The largest absolute Gasteiger partial charge is 0.346 e. The molecule has 24 heavy (non-hydrogen) atoms. The number of nitrogens with zero attached hydrogens (tertiary/aromatic N) is 2. The standard InChI is InChI=1S/C19H19N3O2/c23-18(21-12-14-4-1-2-10-20-14)16-5-3-6-17-15(16)9-11-22(17)19(24)13-7-8-13/h1-6,10,13H,7-9,11-12H2,(H,21,23). The van der Waals surface area contributed by atoms with Crippen molar-refractivity contribution in [2.75, 3.05) is 11.4 Å². The smallest absolute Gasteiger partial charge is 0.251 e. The number of hydrogen-bond acceptors (Lipinski definition) is 3. The predicted molar refractivity (Wildman–Crippen MR) is 90.6 cm³/mol. The number of carbonyl (C=O) groups is 2. The van der Waals surface area contributed by atoms with Gasteiger partial charge in [0.2, 0.25) is 5.91 Å². The summed E-state index contributed by atoms with van der Waals surface area (Å²) < 4.78 is 0. The Bertz CT molecular complexity index is 784. The van der Waals surface area contributed by atoms with Crippen LogP contribution in [-0.4, -0.2) is 23.3 Å². The molecule has 122 valence electrons. The fourth-order valence-corrected chi connectivity index (χ4v) is 3.20. The summed E-state index contributed by atoms with van der Waals surface area (Å²) >= 11 is 0. The van der Waals surface area contributed by atoms with Crippen LogP contribution in [0.2, 0.25) is 0 Å². The van der Waals surface area contributed by atoms with E-state index in [0.717, 1.165) is 36.2 Å². The Kier molecular flexibility index (Phi) is 3.76. The second-order valence-corrected chi connectivity index (χ2v) is 6.32. The molecule has 2 aromatic rings. The maximum absolute atomic E-state index is 12.6. The van der Waals surface area contributed by atoms with Crippen LogP contribution in [0, 0.1) is 5.92 Å². The highest BCUT2D eigenvalue weighted by atomic mass is 16.2. The van der Waals surface area contributed by atoms with E-state index in [1.165, 1.54) is 0 Å². The summed E-state index contributed by atoms with van der Waals surface area (Å²) in [7, 11) is 0. The Labute approximate surface area is 140 Å². The Hall–Kier alpha value is -2.69. The number of rotatable bonds is 4. The van der Waals surface area contributed by atoms with E-state index < -0.39 is 0 Å². The van der Waals surface area contributed by atoms with Crippen molar-refractivity contribution in [2.45, 2.75) is 25.8 Å². The third-order valence-electron chi connectivity index (χ3n) is 4.62. The molecule has 1 aliphatic heterocycles. The van der Waals surface area contributed by atoms with Gasteiger partial charge in [-0.15, -0.1) is 0 Å². The summed E-state index contributed by atoms with van der Waals surface area (Å²) in [5.41, 5.74) is 3.36. The monoisotopic (exact) mass is 321 g/mol. The maximum Gasteiger partial charge on any atom is 0.251 e. The van der Waals surface area contributed by atoms with Crippen LogP contribution in [0.4, 0.5) is 5.69 Å². The van der Waals surface area contributed by atoms with Gasteiger partial charge in [0, 0.05) is 29.9 Å². The van der Waals surface area contributed by atoms with Crippen molar-refractivity contribution < 1.29 is 9.59 Å². The number of carbonyl (C=O) groups excluding carboxylic acids is 2. The molecule has 0 bridgehead atoms. The van der Waals surface area contributed by atoms with Gasteiger partial charge in [-0.2, -0.15) is 0 Å². The second kappa shape index (κ2) is 6.07. The normalized spacial score (nSPS) is 15.9. The number of nitrogens with one attached hydrogen (secondary N) is 1. The first-order chi connectivity index (χ1) is 11.7. The molecule has 1 N–H and O–H groups in total. The fourth-order valence-electron chi connectivity index (χ4n) is 3.20. The summed E-state index contributed by atoms with van der Waals surface area (Å²) in [6, 6.07) is 11.3. The molecule has 1 aromatic heterocycles. The third-order valence-corrected chi connectivity index (χ3v) is 4.62. The molecule has 0 unspecified atom stereocenters. The number of anilines is 1. The van der Waals surface area contributed by atoms with Crippen LogP contribution in [0.5, 0.6) is 0 Å². The van der Waals surface area contributed by atoms with E-state index in [0.29, 0.717) is 18.7 Å². The van der Waals surface area contributed by atoms with Crippen molar-refractivity contribution in [2.24, 2.45) is 5.92 Å². The summed E-state index contributed by atoms with van der Waals surface area (Å²) in [6.07, 6.45) is 4.44. The second-order valence-electron chi connectivity index (χ2n) is 6.32. The average Bonchev–Trinajstić information content (AvgIpc) is 3.38. The van der Waals surface area contributed by atoms with Gasteiger partial charge in [-0.25, -0.2) is 0 Å². The van der Waals surface area contributed by atoms with Gasteiger partial charge in [-0.1, -0.05) is 12.1 Å². The highest BCUT2D eigenvalue weighted by Gasteiger charge is 2.37. The van der Waals surface area contributed by atoms with Crippen LogP contribution >= 0.6 is 0 Å². The number of aromatic nitrogens is 1.